The maximum atomic E-state index is 6.24. The highest BCUT2D eigenvalue weighted by molar-refractivity contribution is 5.78. The minimum Gasteiger partial charge on any atom is -0.497 e. The van der Waals surface area contributed by atoms with Gasteiger partial charge in [-0.2, -0.15) is 0 Å². The second kappa shape index (κ2) is 9.26. The molecular weight excluding hydrogens is 324 g/mol. The van der Waals surface area contributed by atoms with E-state index in [1.807, 2.05) is 12.1 Å². The van der Waals surface area contributed by atoms with E-state index < -0.39 is 0 Å². The first-order valence-electron chi connectivity index (χ1n) is 10.0. The molecule has 2 heterocycles. The standard InChI is InChI=1S/C21H34N4O/c1-17-4-3-11-25(15-17)21(22)23-14-18-9-12-24(13-10-18)16-19-5-7-20(26-2)8-6-19/h5-8,17-18H,3-4,9-16H2,1-2H3,(H2,22,23). The third-order valence-corrected chi connectivity index (χ3v) is 5.76. The third-order valence-electron chi connectivity index (χ3n) is 5.76. The van der Waals surface area contributed by atoms with E-state index in [2.05, 4.69) is 28.9 Å². The molecule has 144 valence electrons. The van der Waals surface area contributed by atoms with Crippen molar-refractivity contribution in [3.05, 3.63) is 29.8 Å². The number of aliphatic imine (C=N–C) groups is 1. The summed E-state index contributed by atoms with van der Waals surface area (Å²) in [6, 6.07) is 8.41. The number of benzene rings is 1. The maximum absolute atomic E-state index is 6.24. The highest BCUT2D eigenvalue weighted by atomic mass is 16.5. The lowest BCUT2D eigenvalue weighted by Crippen LogP contribution is -2.44. The summed E-state index contributed by atoms with van der Waals surface area (Å²) in [6.45, 7) is 8.63. The van der Waals surface area contributed by atoms with E-state index in [4.69, 9.17) is 15.5 Å². The highest BCUT2D eigenvalue weighted by Crippen LogP contribution is 2.21. The Morgan fingerprint density at radius 2 is 1.88 bits per heavy atom. The van der Waals surface area contributed by atoms with Gasteiger partial charge in [0.2, 0.25) is 0 Å². The van der Waals surface area contributed by atoms with E-state index in [0.29, 0.717) is 5.92 Å². The average Bonchev–Trinajstić information content (AvgIpc) is 2.68. The Kier molecular flexibility index (Phi) is 6.78. The normalized spacial score (nSPS) is 23.2. The molecule has 2 N–H and O–H groups in total. The summed E-state index contributed by atoms with van der Waals surface area (Å²) in [5.74, 6) is 3.09. The number of piperidine rings is 2. The van der Waals surface area contributed by atoms with Crippen LogP contribution >= 0.6 is 0 Å². The van der Waals surface area contributed by atoms with Crippen molar-refractivity contribution in [2.24, 2.45) is 22.6 Å². The maximum Gasteiger partial charge on any atom is 0.191 e. The Labute approximate surface area is 158 Å². The Morgan fingerprint density at radius 1 is 1.15 bits per heavy atom. The number of methoxy groups -OCH3 is 1. The van der Waals surface area contributed by atoms with Gasteiger partial charge in [-0.05, 0) is 68.3 Å². The van der Waals surface area contributed by atoms with Gasteiger partial charge in [0.1, 0.15) is 5.75 Å². The van der Waals surface area contributed by atoms with Crippen molar-refractivity contribution in [2.45, 2.75) is 39.2 Å². The van der Waals surface area contributed by atoms with Gasteiger partial charge in [0, 0.05) is 26.2 Å². The van der Waals surface area contributed by atoms with Gasteiger partial charge in [0.25, 0.3) is 0 Å². The molecule has 2 saturated heterocycles. The lowest BCUT2D eigenvalue weighted by molar-refractivity contribution is 0.180. The van der Waals surface area contributed by atoms with Crippen molar-refractivity contribution in [1.82, 2.24) is 9.80 Å². The molecule has 0 bridgehead atoms. The fourth-order valence-corrected chi connectivity index (χ4v) is 4.04. The van der Waals surface area contributed by atoms with Crippen LogP contribution in [-0.2, 0) is 6.54 Å². The van der Waals surface area contributed by atoms with Gasteiger partial charge in [-0.15, -0.1) is 0 Å². The fourth-order valence-electron chi connectivity index (χ4n) is 4.04. The molecule has 26 heavy (non-hydrogen) atoms. The Hall–Kier alpha value is -1.75. The summed E-state index contributed by atoms with van der Waals surface area (Å²) in [5, 5.41) is 0. The number of hydrogen-bond acceptors (Lipinski definition) is 3. The first-order valence-corrected chi connectivity index (χ1v) is 10.0. The summed E-state index contributed by atoms with van der Waals surface area (Å²) >= 11 is 0. The van der Waals surface area contributed by atoms with E-state index in [1.54, 1.807) is 7.11 Å². The van der Waals surface area contributed by atoms with Gasteiger partial charge in [-0.1, -0.05) is 19.1 Å². The molecular formula is C21H34N4O. The first-order chi connectivity index (χ1) is 12.6. The lowest BCUT2D eigenvalue weighted by atomic mass is 9.96. The Morgan fingerprint density at radius 3 is 2.54 bits per heavy atom. The van der Waals surface area contributed by atoms with Crippen LogP contribution in [0.4, 0.5) is 0 Å². The second-order valence-corrected chi connectivity index (χ2v) is 7.96. The quantitative estimate of drug-likeness (QED) is 0.649. The van der Waals surface area contributed by atoms with Crippen molar-refractivity contribution in [2.75, 3.05) is 39.8 Å². The van der Waals surface area contributed by atoms with Crippen LogP contribution in [0.2, 0.25) is 0 Å². The number of likely N-dealkylation sites (tertiary alicyclic amines) is 2. The van der Waals surface area contributed by atoms with Crippen LogP contribution < -0.4 is 10.5 Å². The predicted molar refractivity (Wildman–Crippen MR) is 107 cm³/mol. The van der Waals surface area contributed by atoms with E-state index in [-0.39, 0.29) is 0 Å². The van der Waals surface area contributed by atoms with Crippen LogP contribution in [0.1, 0.15) is 38.2 Å². The molecule has 2 aliphatic heterocycles. The zero-order chi connectivity index (χ0) is 18.4. The molecule has 1 atom stereocenters. The van der Waals surface area contributed by atoms with Crippen LogP contribution in [0.3, 0.4) is 0 Å². The van der Waals surface area contributed by atoms with Crippen molar-refractivity contribution in [3.63, 3.8) is 0 Å². The minimum atomic E-state index is 0.669. The van der Waals surface area contributed by atoms with E-state index in [0.717, 1.165) is 56.9 Å². The molecule has 1 aromatic carbocycles. The zero-order valence-corrected chi connectivity index (χ0v) is 16.4. The fraction of sp³-hybridized carbons (Fsp3) is 0.667. The molecule has 0 aromatic heterocycles. The van der Waals surface area contributed by atoms with Gasteiger partial charge in [0.15, 0.2) is 5.96 Å². The van der Waals surface area contributed by atoms with Crippen LogP contribution in [0.15, 0.2) is 29.3 Å². The summed E-state index contributed by atoms with van der Waals surface area (Å²) in [6.07, 6.45) is 4.98. The molecule has 0 radical (unpaired) electrons. The number of guanidine groups is 1. The van der Waals surface area contributed by atoms with E-state index in [1.165, 1.54) is 31.2 Å². The van der Waals surface area contributed by atoms with Gasteiger partial charge >= 0.3 is 0 Å². The minimum absolute atomic E-state index is 0.669. The molecule has 0 aliphatic carbocycles. The molecule has 2 fully saturated rings. The summed E-state index contributed by atoms with van der Waals surface area (Å²) in [5.41, 5.74) is 7.59. The average molecular weight is 359 g/mol. The molecule has 1 aromatic rings. The summed E-state index contributed by atoms with van der Waals surface area (Å²) < 4.78 is 5.23. The lowest BCUT2D eigenvalue weighted by Gasteiger charge is -2.33. The summed E-state index contributed by atoms with van der Waals surface area (Å²) in [7, 11) is 1.71. The third kappa shape index (κ3) is 5.37. The van der Waals surface area contributed by atoms with Crippen molar-refractivity contribution in [3.8, 4) is 5.75 Å². The zero-order valence-electron chi connectivity index (χ0n) is 16.4. The van der Waals surface area contributed by atoms with Crippen molar-refractivity contribution in [1.29, 1.82) is 0 Å². The smallest absolute Gasteiger partial charge is 0.191 e. The largest absolute Gasteiger partial charge is 0.497 e. The number of rotatable bonds is 5. The van der Waals surface area contributed by atoms with Crippen LogP contribution in [0.5, 0.6) is 5.75 Å². The molecule has 3 rings (SSSR count). The van der Waals surface area contributed by atoms with E-state index in [9.17, 15) is 0 Å². The van der Waals surface area contributed by atoms with Crippen LogP contribution in [0.25, 0.3) is 0 Å². The molecule has 0 amide bonds. The molecule has 5 heteroatoms. The van der Waals surface area contributed by atoms with Gasteiger partial charge < -0.3 is 15.4 Å². The molecule has 0 spiro atoms. The first kappa shape index (κ1) is 19.0. The monoisotopic (exact) mass is 358 g/mol. The molecule has 0 saturated carbocycles. The SMILES string of the molecule is COc1ccc(CN2CCC(CN=C(N)N3CCCC(C)C3)CC2)cc1. The van der Waals surface area contributed by atoms with E-state index >= 15 is 0 Å². The highest BCUT2D eigenvalue weighted by Gasteiger charge is 2.21. The summed E-state index contributed by atoms with van der Waals surface area (Å²) in [4.78, 5) is 9.53. The Balaban J connectivity index is 1.41. The second-order valence-electron chi connectivity index (χ2n) is 7.96. The number of nitrogens with two attached hydrogens (primary N) is 1. The predicted octanol–water partition coefficient (Wildman–Crippen LogP) is 2.95. The van der Waals surface area contributed by atoms with Crippen molar-refractivity contribution < 1.29 is 4.74 Å². The van der Waals surface area contributed by atoms with Crippen molar-refractivity contribution >= 4 is 5.96 Å². The van der Waals surface area contributed by atoms with Crippen LogP contribution in [0, 0.1) is 11.8 Å². The van der Waals surface area contributed by atoms with Crippen LogP contribution in [-0.4, -0.2) is 55.6 Å². The number of nitrogens with zero attached hydrogens (tertiary/aromatic N) is 3. The molecule has 5 nitrogen and oxygen atoms in total. The van der Waals surface area contributed by atoms with Gasteiger partial charge in [-0.3, -0.25) is 9.89 Å². The topological polar surface area (TPSA) is 54.1 Å². The number of ether oxygens (including phenoxy) is 1. The molecule has 2 aliphatic rings. The molecule has 1 unspecified atom stereocenters. The van der Waals surface area contributed by atoms with Gasteiger partial charge in [-0.25, -0.2) is 0 Å². The van der Waals surface area contributed by atoms with Gasteiger partial charge in [0.05, 0.1) is 7.11 Å². The Bertz CT molecular complexity index is 578. The number of hydrogen-bond donors (Lipinski definition) is 1.